The minimum atomic E-state index is -0.358. The summed E-state index contributed by atoms with van der Waals surface area (Å²) < 4.78 is 22.1. The van der Waals surface area contributed by atoms with Gasteiger partial charge >= 0.3 is 0 Å². The van der Waals surface area contributed by atoms with Crippen molar-refractivity contribution in [1.82, 2.24) is 9.55 Å². The lowest BCUT2D eigenvalue weighted by Gasteiger charge is -2.14. The third-order valence-electron chi connectivity index (χ3n) is 5.97. The number of imidazole rings is 1. The first-order valence-corrected chi connectivity index (χ1v) is 10.7. The maximum atomic E-state index is 13.9. The van der Waals surface area contributed by atoms with Crippen LogP contribution in [0.2, 0.25) is 0 Å². The molecule has 32 heavy (non-hydrogen) atoms. The van der Waals surface area contributed by atoms with E-state index in [1.165, 1.54) is 12.1 Å². The van der Waals surface area contributed by atoms with E-state index in [0.29, 0.717) is 24.5 Å². The van der Waals surface area contributed by atoms with Crippen LogP contribution in [0.1, 0.15) is 41.9 Å². The Morgan fingerprint density at radius 3 is 2.75 bits per heavy atom. The molecule has 3 aromatic carbocycles. The number of hydrogen-bond donors (Lipinski definition) is 0. The molecule has 5 rings (SSSR count). The van der Waals surface area contributed by atoms with Gasteiger partial charge < -0.3 is 9.30 Å². The van der Waals surface area contributed by atoms with E-state index in [1.54, 1.807) is 13.0 Å². The number of aryl methyl sites for hydroxylation is 1. The van der Waals surface area contributed by atoms with Crippen molar-refractivity contribution in [1.29, 1.82) is 5.26 Å². The number of rotatable bonds is 3. The zero-order chi connectivity index (χ0) is 22.2. The molecule has 0 bridgehead atoms. The third-order valence-corrected chi connectivity index (χ3v) is 5.97. The van der Waals surface area contributed by atoms with Crippen LogP contribution < -0.4 is 4.74 Å². The highest BCUT2D eigenvalue weighted by atomic mass is 19.1. The number of fused-ring (bicyclic) bond motifs is 3. The Labute approximate surface area is 186 Å². The molecule has 0 N–H and O–H groups in total. The van der Waals surface area contributed by atoms with Gasteiger partial charge in [-0.05, 0) is 53.9 Å². The van der Waals surface area contributed by atoms with Crippen LogP contribution in [-0.2, 0) is 19.6 Å². The second-order valence-corrected chi connectivity index (χ2v) is 7.99. The van der Waals surface area contributed by atoms with Gasteiger partial charge in [-0.2, -0.15) is 5.26 Å². The van der Waals surface area contributed by atoms with Crippen molar-refractivity contribution in [2.45, 2.75) is 33.4 Å². The topological polar surface area (TPSA) is 50.8 Å². The fourth-order valence-corrected chi connectivity index (χ4v) is 4.45. The first-order chi connectivity index (χ1) is 15.6. The van der Waals surface area contributed by atoms with Gasteiger partial charge in [0.25, 0.3) is 0 Å². The molecule has 0 radical (unpaired) electrons. The van der Waals surface area contributed by atoms with Gasteiger partial charge in [-0.1, -0.05) is 31.2 Å². The number of nitrogens with zero attached hydrogens (tertiary/aromatic N) is 3. The normalized spacial score (nSPS) is 14.2. The Kier molecular flexibility index (Phi) is 4.99. The summed E-state index contributed by atoms with van der Waals surface area (Å²) in [4.78, 5) is 4.77. The quantitative estimate of drug-likeness (QED) is 0.378. The van der Waals surface area contributed by atoms with Crippen LogP contribution in [-0.4, -0.2) is 9.55 Å². The Balaban J connectivity index is 1.61. The van der Waals surface area contributed by atoms with Gasteiger partial charge in [0.1, 0.15) is 24.0 Å². The molecule has 1 aliphatic heterocycles. The SMILES string of the molecule is CCc1nc2ccccc2n1Cc1ccc2c(c1)COc1cc(F)ccc1/C2=C(/C)C#N. The Morgan fingerprint density at radius 2 is 1.94 bits per heavy atom. The van der Waals surface area contributed by atoms with Crippen molar-refractivity contribution < 1.29 is 9.13 Å². The van der Waals surface area contributed by atoms with Crippen molar-refractivity contribution in [3.8, 4) is 11.8 Å². The Morgan fingerprint density at radius 1 is 1.12 bits per heavy atom. The van der Waals surface area contributed by atoms with Crippen LogP contribution in [0.3, 0.4) is 0 Å². The summed E-state index contributed by atoms with van der Waals surface area (Å²) in [6.45, 7) is 4.90. The number of para-hydroxylation sites is 2. The van der Waals surface area contributed by atoms with Crippen molar-refractivity contribution in [2.75, 3.05) is 0 Å². The van der Waals surface area contributed by atoms with Gasteiger partial charge in [-0.3, -0.25) is 0 Å². The summed E-state index contributed by atoms with van der Waals surface area (Å²) in [5.41, 5.74) is 7.27. The molecule has 4 nitrogen and oxygen atoms in total. The predicted molar refractivity (Wildman–Crippen MR) is 123 cm³/mol. The van der Waals surface area contributed by atoms with E-state index in [4.69, 9.17) is 9.72 Å². The zero-order valence-corrected chi connectivity index (χ0v) is 18.0. The predicted octanol–water partition coefficient (Wildman–Crippen LogP) is 6.02. The summed E-state index contributed by atoms with van der Waals surface area (Å²) >= 11 is 0. The maximum absolute atomic E-state index is 13.9. The minimum absolute atomic E-state index is 0.313. The summed E-state index contributed by atoms with van der Waals surface area (Å²) in [7, 11) is 0. The highest BCUT2D eigenvalue weighted by Gasteiger charge is 2.22. The van der Waals surface area contributed by atoms with Gasteiger partial charge in [0.15, 0.2) is 0 Å². The number of aromatic nitrogens is 2. The van der Waals surface area contributed by atoms with Crippen molar-refractivity contribution in [3.05, 3.63) is 100 Å². The van der Waals surface area contributed by atoms with E-state index in [1.807, 2.05) is 24.3 Å². The minimum Gasteiger partial charge on any atom is -0.488 e. The highest BCUT2D eigenvalue weighted by molar-refractivity contribution is 5.88. The second-order valence-electron chi connectivity index (χ2n) is 7.99. The lowest BCUT2D eigenvalue weighted by atomic mass is 9.90. The van der Waals surface area contributed by atoms with Gasteiger partial charge in [0.2, 0.25) is 0 Å². The van der Waals surface area contributed by atoms with Crippen LogP contribution >= 0.6 is 0 Å². The Bertz CT molecular complexity index is 1420. The van der Waals surface area contributed by atoms with Crippen LogP contribution in [0.25, 0.3) is 16.6 Å². The molecule has 2 heterocycles. The lowest BCUT2D eigenvalue weighted by molar-refractivity contribution is 0.305. The van der Waals surface area contributed by atoms with E-state index in [2.05, 4.69) is 35.8 Å². The third kappa shape index (κ3) is 3.34. The van der Waals surface area contributed by atoms with Crippen LogP contribution in [0.4, 0.5) is 4.39 Å². The second kappa shape index (κ2) is 7.97. The fraction of sp³-hybridized carbons (Fsp3) is 0.185. The van der Waals surface area contributed by atoms with E-state index >= 15 is 0 Å². The summed E-state index contributed by atoms with van der Waals surface area (Å²) in [6, 6.07) is 21.2. The van der Waals surface area contributed by atoms with Crippen molar-refractivity contribution >= 4 is 16.6 Å². The van der Waals surface area contributed by atoms with Gasteiger partial charge in [0.05, 0.1) is 17.1 Å². The van der Waals surface area contributed by atoms with Crippen molar-refractivity contribution in [3.63, 3.8) is 0 Å². The molecular formula is C27H22FN3O. The number of ether oxygens (including phenoxy) is 1. The molecule has 0 saturated heterocycles. The number of nitriles is 1. The number of halogens is 1. The molecule has 0 fully saturated rings. The smallest absolute Gasteiger partial charge is 0.130 e. The average Bonchev–Trinajstić information content (AvgIpc) is 3.08. The summed E-state index contributed by atoms with van der Waals surface area (Å²) in [5.74, 6) is 1.14. The van der Waals surface area contributed by atoms with Gasteiger partial charge in [-0.15, -0.1) is 0 Å². The fourth-order valence-electron chi connectivity index (χ4n) is 4.45. The maximum Gasteiger partial charge on any atom is 0.130 e. The summed E-state index contributed by atoms with van der Waals surface area (Å²) in [5, 5.41) is 9.64. The molecule has 0 saturated carbocycles. The molecule has 0 atom stereocenters. The van der Waals surface area contributed by atoms with Crippen LogP contribution in [0, 0.1) is 17.1 Å². The zero-order valence-electron chi connectivity index (χ0n) is 18.0. The van der Waals surface area contributed by atoms with E-state index < -0.39 is 0 Å². The van der Waals surface area contributed by atoms with Gasteiger partial charge in [0, 0.05) is 35.7 Å². The lowest BCUT2D eigenvalue weighted by Crippen LogP contribution is -2.06. The molecule has 0 unspecified atom stereocenters. The van der Waals surface area contributed by atoms with Crippen molar-refractivity contribution in [2.24, 2.45) is 0 Å². The number of benzene rings is 3. The molecule has 0 spiro atoms. The van der Waals surface area contributed by atoms with Gasteiger partial charge in [-0.25, -0.2) is 9.37 Å². The largest absolute Gasteiger partial charge is 0.488 e. The molecule has 5 heteroatoms. The molecule has 0 aliphatic carbocycles. The highest BCUT2D eigenvalue weighted by Crippen LogP contribution is 2.39. The Hall–Kier alpha value is -3.91. The molecule has 158 valence electrons. The number of hydrogen-bond acceptors (Lipinski definition) is 3. The van der Waals surface area contributed by atoms with E-state index in [0.717, 1.165) is 51.1 Å². The van der Waals surface area contributed by atoms with Crippen LogP contribution in [0.15, 0.2) is 66.2 Å². The monoisotopic (exact) mass is 423 g/mol. The molecular weight excluding hydrogens is 401 g/mol. The summed E-state index contributed by atoms with van der Waals surface area (Å²) in [6.07, 6.45) is 0.845. The van der Waals surface area contributed by atoms with E-state index in [-0.39, 0.29) is 5.82 Å². The average molecular weight is 423 g/mol. The molecule has 4 aromatic rings. The first kappa shape index (κ1) is 20.0. The molecule has 1 aliphatic rings. The molecule has 1 aromatic heterocycles. The first-order valence-electron chi connectivity index (χ1n) is 10.7. The van der Waals surface area contributed by atoms with E-state index in [9.17, 15) is 9.65 Å². The standard InChI is InChI=1S/C27H22FN3O/c1-3-26-30-23-6-4-5-7-24(23)31(26)15-18-8-10-21-19(12-18)16-32-25-13-20(28)9-11-22(25)27(21)17(2)14-29/h4-13H,3,15-16H2,1-2H3/b27-17-. The molecule has 0 amide bonds. The number of allylic oxidation sites excluding steroid dienone is 1. The van der Waals surface area contributed by atoms with Crippen LogP contribution in [0.5, 0.6) is 5.75 Å².